The Labute approximate surface area is 150 Å². The van der Waals surface area contributed by atoms with Crippen molar-refractivity contribution < 1.29 is 8.78 Å². The van der Waals surface area contributed by atoms with Crippen molar-refractivity contribution in [1.29, 1.82) is 0 Å². The molecule has 1 aromatic carbocycles. The monoisotopic (exact) mass is 364 g/mol. The van der Waals surface area contributed by atoms with Crippen LogP contribution in [0.1, 0.15) is 26.7 Å². The maximum atomic E-state index is 13.2. The lowest BCUT2D eigenvalue weighted by Gasteiger charge is -2.13. The average Bonchev–Trinajstić information content (AvgIpc) is 2.62. The van der Waals surface area contributed by atoms with Crippen LogP contribution < -0.4 is 10.6 Å². The highest BCUT2D eigenvalue weighted by molar-refractivity contribution is 6.31. The first-order valence-electron chi connectivity index (χ1n) is 7.97. The minimum Gasteiger partial charge on any atom is -0.340 e. The Bertz CT molecular complexity index is 790. The Kier molecular flexibility index (Phi) is 6.89. The molecule has 0 bridgehead atoms. The van der Waals surface area contributed by atoms with Gasteiger partial charge in [-0.3, -0.25) is 0 Å². The second kappa shape index (κ2) is 9.13. The molecule has 7 heteroatoms. The van der Waals surface area contributed by atoms with Crippen LogP contribution in [-0.2, 0) is 0 Å². The summed E-state index contributed by atoms with van der Waals surface area (Å²) in [5.74, 6) is 0.306. The molecule has 0 amide bonds. The van der Waals surface area contributed by atoms with Gasteiger partial charge in [-0.05, 0) is 42.8 Å². The van der Waals surface area contributed by atoms with Crippen LogP contribution >= 0.6 is 11.6 Å². The highest BCUT2D eigenvalue weighted by Gasteiger charge is 2.08. The Morgan fingerprint density at radius 2 is 1.84 bits per heavy atom. The van der Waals surface area contributed by atoms with Crippen molar-refractivity contribution in [2.45, 2.75) is 26.7 Å². The molecule has 1 heterocycles. The van der Waals surface area contributed by atoms with Gasteiger partial charge < -0.3 is 10.6 Å². The Morgan fingerprint density at radius 1 is 1.04 bits per heavy atom. The van der Waals surface area contributed by atoms with E-state index in [1.165, 1.54) is 18.2 Å². The molecule has 4 nitrogen and oxygen atoms in total. The van der Waals surface area contributed by atoms with Gasteiger partial charge in [-0.15, -0.1) is 0 Å². The van der Waals surface area contributed by atoms with E-state index in [9.17, 15) is 8.78 Å². The van der Waals surface area contributed by atoms with Crippen LogP contribution in [-0.4, -0.2) is 9.97 Å². The van der Waals surface area contributed by atoms with E-state index < -0.39 is 5.82 Å². The van der Waals surface area contributed by atoms with Crippen molar-refractivity contribution in [3.05, 3.63) is 65.0 Å². The van der Waals surface area contributed by atoms with Crippen molar-refractivity contribution in [1.82, 2.24) is 9.97 Å². The SMILES string of the molecule is CC.FC1=CC=C(Nc2nccc(Nc3ccc(F)c(Cl)c3)n2)CC1. The highest BCUT2D eigenvalue weighted by atomic mass is 35.5. The van der Waals surface area contributed by atoms with Crippen LogP contribution in [0.4, 0.5) is 26.2 Å². The molecular formula is C18H19ClF2N4. The van der Waals surface area contributed by atoms with E-state index in [0.717, 1.165) is 5.70 Å². The van der Waals surface area contributed by atoms with Gasteiger partial charge in [-0.2, -0.15) is 4.98 Å². The molecule has 0 unspecified atom stereocenters. The zero-order chi connectivity index (χ0) is 18.2. The average molecular weight is 365 g/mol. The number of rotatable bonds is 4. The third kappa shape index (κ3) is 5.53. The second-order valence-electron chi connectivity index (χ2n) is 4.95. The molecule has 0 aliphatic heterocycles. The molecular weight excluding hydrogens is 346 g/mol. The van der Waals surface area contributed by atoms with Gasteiger partial charge in [0, 0.05) is 24.0 Å². The summed E-state index contributed by atoms with van der Waals surface area (Å²) >= 11 is 5.75. The maximum Gasteiger partial charge on any atom is 0.228 e. The number of nitrogens with zero attached hydrogens (tertiary/aromatic N) is 2. The first kappa shape index (κ1) is 18.9. The predicted octanol–water partition coefficient (Wildman–Crippen LogP) is 5.98. The van der Waals surface area contributed by atoms with E-state index in [-0.39, 0.29) is 10.8 Å². The van der Waals surface area contributed by atoms with Crippen molar-refractivity contribution in [3.63, 3.8) is 0 Å². The highest BCUT2D eigenvalue weighted by Crippen LogP contribution is 2.23. The number of hydrogen-bond donors (Lipinski definition) is 2. The first-order chi connectivity index (χ1) is 12.1. The molecule has 0 spiro atoms. The largest absolute Gasteiger partial charge is 0.340 e. The van der Waals surface area contributed by atoms with E-state index in [0.29, 0.717) is 30.3 Å². The molecule has 0 saturated carbocycles. The van der Waals surface area contributed by atoms with Crippen LogP contribution in [0.2, 0.25) is 5.02 Å². The standard InChI is InChI=1S/C16H13ClF2N4.C2H6/c17-13-9-12(5-6-14(13)19)21-15-7-8-20-16(23-15)22-11-3-1-10(18)2-4-11;1-2/h1,3,5-9H,2,4H2,(H2,20,21,22,23);1-2H3. The summed E-state index contributed by atoms with van der Waals surface area (Å²) in [5.41, 5.74) is 1.45. The minimum atomic E-state index is -0.480. The van der Waals surface area contributed by atoms with Crippen LogP contribution in [0.5, 0.6) is 0 Å². The number of allylic oxidation sites excluding steroid dienone is 4. The lowest BCUT2D eigenvalue weighted by atomic mass is 10.1. The molecule has 3 rings (SSSR count). The quantitative estimate of drug-likeness (QED) is 0.700. The summed E-state index contributed by atoms with van der Waals surface area (Å²) < 4.78 is 26.1. The maximum absolute atomic E-state index is 13.2. The van der Waals surface area contributed by atoms with Crippen molar-refractivity contribution in [2.24, 2.45) is 0 Å². The molecule has 0 saturated heterocycles. The van der Waals surface area contributed by atoms with Gasteiger partial charge in [-0.25, -0.2) is 13.8 Å². The van der Waals surface area contributed by atoms with Gasteiger partial charge in [0.05, 0.1) is 5.02 Å². The Balaban J connectivity index is 0.00000109. The molecule has 0 atom stereocenters. The number of nitrogens with one attached hydrogen (secondary N) is 2. The van der Waals surface area contributed by atoms with Gasteiger partial charge in [0.15, 0.2) is 0 Å². The van der Waals surface area contributed by atoms with E-state index in [1.54, 1.807) is 24.4 Å². The summed E-state index contributed by atoms with van der Waals surface area (Å²) in [4.78, 5) is 8.43. The second-order valence-corrected chi connectivity index (χ2v) is 5.36. The smallest absolute Gasteiger partial charge is 0.228 e. The summed E-state index contributed by atoms with van der Waals surface area (Å²) in [5, 5.41) is 6.10. The van der Waals surface area contributed by atoms with Gasteiger partial charge in [0.25, 0.3) is 0 Å². The van der Waals surface area contributed by atoms with E-state index in [1.807, 2.05) is 13.8 Å². The fourth-order valence-electron chi connectivity index (χ4n) is 2.07. The number of aromatic nitrogens is 2. The summed E-state index contributed by atoms with van der Waals surface area (Å²) in [6.07, 6.45) is 5.61. The molecule has 1 aliphatic rings. The van der Waals surface area contributed by atoms with E-state index in [4.69, 9.17) is 11.6 Å². The zero-order valence-corrected chi connectivity index (χ0v) is 14.7. The third-order valence-corrected chi connectivity index (χ3v) is 3.51. The zero-order valence-electron chi connectivity index (χ0n) is 14.0. The topological polar surface area (TPSA) is 49.8 Å². The van der Waals surface area contributed by atoms with Crippen LogP contribution in [0, 0.1) is 5.82 Å². The summed E-state index contributed by atoms with van der Waals surface area (Å²) in [6, 6.07) is 5.99. The first-order valence-corrected chi connectivity index (χ1v) is 8.35. The number of halogens is 3. The van der Waals surface area contributed by atoms with Gasteiger partial charge in [0.2, 0.25) is 5.95 Å². The van der Waals surface area contributed by atoms with E-state index >= 15 is 0 Å². The molecule has 0 fully saturated rings. The fourth-order valence-corrected chi connectivity index (χ4v) is 2.25. The van der Waals surface area contributed by atoms with Gasteiger partial charge in [-0.1, -0.05) is 25.4 Å². The fraction of sp³-hybridized carbons (Fsp3) is 0.222. The Morgan fingerprint density at radius 3 is 2.52 bits per heavy atom. The van der Waals surface area contributed by atoms with Crippen molar-refractivity contribution >= 4 is 29.1 Å². The minimum absolute atomic E-state index is 0.0311. The molecule has 0 radical (unpaired) electrons. The number of anilines is 3. The molecule has 2 aromatic rings. The van der Waals surface area contributed by atoms with Gasteiger partial charge >= 0.3 is 0 Å². The van der Waals surface area contributed by atoms with Crippen LogP contribution in [0.3, 0.4) is 0 Å². The molecule has 2 N–H and O–H groups in total. The van der Waals surface area contributed by atoms with E-state index in [2.05, 4.69) is 20.6 Å². The predicted molar refractivity (Wildman–Crippen MR) is 98.2 cm³/mol. The Hall–Kier alpha value is -2.47. The van der Waals surface area contributed by atoms with Crippen LogP contribution in [0.15, 0.2) is 54.1 Å². The molecule has 1 aliphatic carbocycles. The van der Waals surface area contributed by atoms with Gasteiger partial charge in [0.1, 0.15) is 17.5 Å². The number of hydrogen-bond acceptors (Lipinski definition) is 4. The summed E-state index contributed by atoms with van der Waals surface area (Å²) in [7, 11) is 0. The lowest BCUT2D eigenvalue weighted by Crippen LogP contribution is -2.06. The number of benzene rings is 1. The van der Waals surface area contributed by atoms with Crippen molar-refractivity contribution in [2.75, 3.05) is 10.6 Å². The third-order valence-electron chi connectivity index (χ3n) is 3.22. The normalized spacial score (nSPS) is 13.2. The van der Waals surface area contributed by atoms with Crippen LogP contribution in [0.25, 0.3) is 0 Å². The molecule has 132 valence electrons. The molecule has 1 aromatic heterocycles. The van der Waals surface area contributed by atoms with Crippen molar-refractivity contribution in [3.8, 4) is 0 Å². The lowest BCUT2D eigenvalue weighted by molar-refractivity contribution is 0.582. The summed E-state index contributed by atoms with van der Waals surface area (Å²) in [6.45, 7) is 4.00. The molecule has 25 heavy (non-hydrogen) atoms.